The van der Waals surface area contributed by atoms with E-state index in [9.17, 15) is 0 Å². The van der Waals surface area contributed by atoms with Gasteiger partial charge in [-0.1, -0.05) is 0 Å². The summed E-state index contributed by atoms with van der Waals surface area (Å²) < 4.78 is 16.0. The summed E-state index contributed by atoms with van der Waals surface area (Å²) in [4.78, 5) is 4.49. The highest BCUT2D eigenvalue weighted by Gasteiger charge is 2.14. The van der Waals surface area contributed by atoms with Crippen molar-refractivity contribution in [1.82, 2.24) is 10.6 Å². The highest BCUT2D eigenvalue weighted by atomic mass is 16.5. The molecule has 6 heteroatoms. The van der Waals surface area contributed by atoms with Crippen LogP contribution in [0, 0.1) is 5.92 Å². The van der Waals surface area contributed by atoms with E-state index in [4.69, 9.17) is 14.2 Å². The van der Waals surface area contributed by atoms with E-state index >= 15 is 0 Å². The number of rotatable bonds is 10. The molecule has 118 valence electrons. The van der Waals surface area contributed by atoms with Crippen molar-refractivity contribution in [3.63, 3.8) is 0 Å². The average Bonchev–Trinajstić information content (AvgIpc) is 2.96. The van der Waals surface area contributed by atoms with Gasteiger partial charge >= 0.3 is 0 Å². The maximum Gasteiger partial charge on any atom is 0.191 e. The zero-order chi connectivity index (χ0) is 14.5. The van der Waals surface area contributed by atoms with E-state index < -0.39 is 0 Å². The number of guanidine groups is 1. The molecule has 1 saturated heterocycles. The Kier molecular flexibility index (Phi) is 10.3. The van der Waals surface area contributed by atoms with E-state index in [0.717, 1.165) is 64.9 Å². The lowest BCUT2D eigenvalue weighted by atomic mass is 10.1. The van der Waals surface area contributed by atoms with Crippen molar-refractivity contribution in [2.24, 2.45) is 10.9 Å². The first-order valence-electron chi connectivity index (χ1n) is 7.53. The molecule has 1 rings (SSSR count). The van der Waals surface area contributed by atoms with E-state index in [2.05, 4.69) is 22.5 Å². The molecule has 0 spiro atoms. The SMILES string of the molecule is CCNC(=NCCCOCC1CCOC1)NCCOC. The second kappa shape index (κ2) is 11.9. The Morgan fingerprint density at radius 1 is 1.35 bits per heavy atom. The summed E-state index contributed by atoms with van der Waals surface area (Å²) >= 11 is 0. The molecule has 6 nitrogen and oxygen atoms in total. The van der Waals surface area contributed by atoms with Gasteiger partial charge in [0.2, 0.25) is 0 Å². The second-order valence-corrected chi connectivity index (χ2v) is 4.84. The van der Waals surface area contributed by atoms with E-state index in [0.29, 0.717) is 12.5 Å². The topological polar surface area (TPSA) is 64.1 Å². The van der Waals surface area contributed by atoms with Crippen molar-refractivity contribution >= 4 is 5.96 Å². The number of methoxy groups -OCH3 is 1. The van der Waals surface area contributed by atoms with Gasteiger partial charge in [0, 0.05) is 45.9 Å². The van der Waals surface area contributed by atoms with Crippen molar-refractivity contribution in [2.45, 2.75) is 19.8 Å². The number of ether oxygens (including phenoxy) is 3. The maximum atomic E-state index is 5.65. The van der Waals surface area contributed by atoms with Crippen LogP contribution in [0.4, 0.5) is 0 Å². The second-order valence-electron chi connectivity index (χ2n) is 4.84. The van der Waals surface area contributed by atoms with Gasteiger partial charge in [0.25, 0.3) is 0 Å². The fourth-order valence-electron chi connectivity index (χ4n) is 1.94. The molecule has 0 aliphatic carbocycles. The number of nitrogens with zero attached hydrogens (tertiary/aromatic N) is 1. The Balaban J connectivity index is 2.03. The lowest BCUT2D eigenvalue weighted by Crippen LogP contribution is -2.39. The van der Waals surface area contributed by atoms with Crippen molar-refractivity contribution in [3.8, 4) is 0 Å². The Morgan fingerprint density at radius 2 is 2.25 bits per heavy atom. The molecule has 0 aromatic rings. The van der Waals surface area contributed by atoms with Gasteiger partial charge in [-0.25, -0.2) is 0 Å². The normalized spacial score (nSPS) is 19.3. The van der Waals surface area contributed by atoms with Gasteiger partial charge < -0.3 is 24.8 Å². The molecule has 1 unspecified atom stereocenters. The molecule has 0 aromatic carbocycles. The Hall–Kier alpha value is -0.850. The smallest absolute Gasteiger partial charge is 0.191 e. The van der Waals surface area contributed by atoms with Crippen molar-refractivity contribution in [3.05, 3.63) is 0 Å². The summed E-state index contributed by atoms with van der Waals surface area (Å²) in [6, 6.07) is 0. The van der Waals surface area contributed by atoms with Crippen LogP contribution in [-0.4, -0.2) is 65.7 Å². The molecule has 0 radical (unpaired) electrons. The molecule has 20 heavy (non-hydrogen) atoms. The summed E-state index contributed by atoms with van der Waals surface area (Å²) in [5.41, 5.74) is 0. The largest absolute Gasteiger partial charge is 0.383 e. The summed E-state index contributed by atoms with van der Waals surface area (Å²) in [5, 5.41) is 6.42. The fourth-order valence-corrected chi connectivity index (χ4v) is 1.94. The average molecular weight is 287 g/mol. The lowest BCUT2D eigenvalue weighted by Gasteiger charge is -2.11. The van der Waals surface area contributed by atoms with Crippen molar-refractivity contribution < 1.29 is 14.2 Å². The van der Waals surface area contributed by atoms with E-state index in [-0.39, 0.29) is 0 Å². The van der Waals surface area contributed by atoms with Crippen LogP contribution in [0.15, 0.2) is 4.99 Å². The zero-order valence-corrected chi connectivity index (χ0v) is 12.8. The Morgan fingerprint density at radius 3 is 2.95 bits per heavy atom. The van der Waals surface area contributed by atoms with Gasteiger partial charge in [-0.3, -0.25) is 4.99 Å². The number of hydrogen-bond acceptors (Lipinski definition) is 4. The summed E-state index contributed by atoms with van der Waals surface area (Å²) in [6.07, 6.45) is 2.07. The highest BCUT2D eigenvalue weighted by Crippen LogP contribution is 2.12. The van der Waals surface area contributed by atoms with Crippen LogP contribution < -0.4 is 10.6 Å². The number of hydrogen-bond donors (Lipinski definition) is 2. The van der Waals surface area contributed by atoms with Crippen LogP contribution in [0.3, 0.4) is 0 Å². The molecule has 0 amide bonds. The van der Waals surface area contributed by atoms with Gasteiger partial charge in [-0.2, -0.15) is 0 Å². The quantitative estimate of drug-likeness (QED) is 0.350. The molecule has 0 bridgehead atoms. The Bertz CT molecular complexity index is 256. The van der Waals surface area contributed by atoms with Gasteiger partial charge in [-0.05, 0) is 19.8 Å². The van der Waals surface area contributed by atoms with Gasteiger partial charge in [-0.15, -0.1) is 0 Å². The van der Waals surface area contributed by atoms with Crippen LogP contribution in [0.2, 0.25) is 0 Å². The molecule has 0 aromatic heterocycles. The van der Waals surface area contributed by atoms with Gasteiger partial charge in [0.05, 0.1) is 19.8 Å². The fraction of sp³-hybridized carbons (Fsp3) is 0.929. The summed E-state index contributed by atoms with van der Waals surface area (Å²) in [6.45, 7) is 8.44. The molecular weight excluding hydrogens is 258 g/mol. The van der Waals surface area contributed by atoms with E-state index in [1.165, 1.54) is 0 Å². The third kappa shape index (κ3) is 8.35. The minimum atomic E-state index is 0.589. The van der Waals surface area contributed by atoms with Crippen LogP contribution >= 0.6 is 0 Å². The number of nitrogens with one attached hydrogen (secondary N) is 2. The van der Waals surface area contributed by atoms with Crippen LogP contribution in [0.5, 0.6) is 0 Å². The maximum absolute atomic E-state index is 5.65. The molecule has 0 saturated carbocycles. The Labute approximate surface area is 122 Å². The van der Waals surface area contributed by atoms with Crippen LogP contribution in [0.1, 0.15) is 19.8 Å². The molecule has 1 aliphatic heterocycles. The third-order valence-electron chi connectivity index (χ3n) is 3.04. The van der Waals surface area contributed by atoms with Gasteiger partial charge in [0.1, 0.15) is 0 Å². The predicted octanol–water partition coefficient (Wildman–Crippen LogP) is 0.631. The molecule has 2 N–H and O–H groups in total. The molecular formula is C14H29N3O3. The van der Waals surface area contributed by atoms with E-state index in [1.807, 2.05) is 0 Å². The third-order valence-corrected chi connectivity index (χ3v) is 3.04. The van der Waals surface area contributed by atoms with Crippen LogP contribution in [0.25, 0.3) is 0 Å². The van der Waals surface area contributed by atoms with Crippen molar-refractivity contribution in [2.75, 3.05) is 59.8 Å². The first-order chi connectivity index (χ1) is 9.86. The lowest BCUT2D eigenvalue weighted by molar-refractivity contribution is 0.0893. The standard InChI is InChI=1S/C14H29N3O3/c1-3-15-14(17-7-10-18-2)16-6-4-8-19-11-13-5-9-20-12-13/h13H,3-12H2,1-2H3,(H2,15,16,17). The summed E-state index contributed by atoms with van der Waals surface area (Å²) in [5.74, 6) is 1.43. The summed E-state index contributed by atoms with van der Waals surface area (Å²) in [7, 11) is 1.69. The minimum Gasteiger partial charge on any atom is -0.383 e. The first kappa shape index (κ1) is 17.2. The molecule has 1 atom stereocenters. The molecule has 1 heterocycles. The molecule has 1 fully saturated rings. The van der Waals surface area contributed by atoms with Crippen molar-refractivity contribution in [1.29, 1.82) is 0 Å². The first-order valence-corrected chi connectivity index (χ1v) is 7.53. The number of aliphatic imine (C=N–C) groups is 1. The highest BCUT2D eigenvalue weighted by molar-refractivity contribution is 5.79. The van der Waals surface area contributed by atoms with Gasteiger partial charge in [0.15, 0.2) is 5.96 Å². The molecule has 1 aliphatic rings. The zero-order valence-electron chi connectivity index (χ0n) is 12.8. The van der Waals surface area contributed by atoms with Crippen LogP contribution in [-0.2, 0) is 14.2 Å². The van der Waals surface area contributed by atoms with E-state index in [1.54, 1.807) is 7.11 Å². The minimum absolute atomic E-state index is 0.589. The monoisotopic (exact) mass is 287 g/mol. The predicted molar refractivity (Wildman–Crippen MR) is 80.2 cm³/mol.